The third-order valence-electron chi connectivity index (χ3n) is 5.03. The molecule has 0 saturated heterocycles. The van der Waals surface area contributed by atoms with Crippen LogP contribution < -0.4 is 0 Å². The van der Waals surface area contributed by atoms with E-state index in [1.54, 1.807) is 0 Å². The number of hydrogen-bond donors (Lipinski definition) is 1. The van der Waals surface area contributed by atoms with Gasteiger partial charge < -0.3 is 19.3 Å². The molecule has 0 rings (SSSR count). The maximum atomic E-state index is 13.6. The highest BCUT2D eigenvalue weighted by Crippen LogP contribution is 2.48. The van der Waals surface area contributed by atoms with E-state index < -0.39 is 76.3 Å². The van der Waals surface area contributed by atoms with Crippen LogP contribution in [0.4, 0.5) is 52.7 Å². The minimum atomic E-state index is -6.93. The lowest BCUT2D eigenvalue weighted by Crippen LogP contribution is -2.58. The average Bonchev–Trinajstić information content (AvgIpc) is 2.82. The van der Waals surface area contributed by atoms with Crippen molar-refractivity contribution in [2.75, 3.05) is 46.2 Å². The van der Waals surface area contributed by atoms with Gasteiger partial charge in [0, 0.05) is 6.61 Å². The topological polar surface area (TPSA) is 75.6 Å². The zero-order chi connectivity index (χ0) is 32.6. The van der Waals surface area contributed by atoms with Crippen molar-refractivity contribution in [2.45, 2.75) is 101 Å². The summed E-state index contributed by atoms with van der Waals surface area (Å²) in [7, 11) is 0. The molecule has 0 amide bonds. The van der Waals surface area contributed by atoms with Crippen molar-refractivity contribution in [3.63, 3.8) is 0 Å². The summed E-state index contributed by atoms with van der Waals surface area (Å²) >= 11 is 0. The van der Waals surface area contributed by atoms with E-state index in [9.17, 15) is 52.7 Å². The quantitative estimate of drug-likeness (QED) is 0.0746. The number of aliphatic hydroxyl groups excluding tert-OH is 1. The van der Waals surface area contributed by atoms with Gasteiger partial charge in [-0.1, -0.05) is 58.3 Å². The molecule has 42 heavy (non-hydrogen) atoms. The molecule has 1 N–H and O–H groups in total. The van der Waals surface area contributed by atoms with Gasteiger partial charge in [0.25, 0.3) is 0 Å². The summed E-state index contributed by atoms with van der Waals surface area (Å²) in [6, 6.07) is 0. The molecule has 0 aliphatic heterocycles. The van der Waals surface area contributed by atoms with Gasteiger partial charge in [-0.25, -0.2) is 14.2 Å². The van der Waals surface area contributed by atoms with Crippen molar-refractivity contribution >= 4 is 0 Å². The van der Waals surface area contributed by atoms with Crippen LogP contribution in [0.3, 0.4) is 0 Å². The molecule has 0 atom stereocenters. The number of alkyl halides is 12. The predicted octanol–water partition coefficient (Wildman–Crippen LogP) is 7.17. The first-order valence-corrected chi connectivity index (χ1v) is 13.0. The van der Waals surface area contributed by atoms with E-state index in [-0.39, 0.29) is 13.0 Å². The van der Waals surface area contributed by atoms with Crippen LogP contribution >= 0.6 is 0 Å². The van der Waals surface area contributed by atoms with Gasteiger partial charge in [-0.3, -0.25) is 0 Å². The van der Waals surface area contributed by atoms with E-state index >= 15 is 0 Å². The summed E-state index contributed by atoms with van der Waals surface area (Å²) in [6.45, 7) is -4.54. The Bertz CT molecular complexity index is 715. The molecule has 0 spiro atoms. The molecule has 19 heteroatoms. The van der Waals surface area contributed by atoms with Crippen molar-refractivity contribution in [1.82, 2.24) is 0 Å². The van der Waals surface area contributed by atoms with Crippen LogP contribution in [0, 0.1) is 0 Å². The zero-order valence-corrected chi connectivity index (χ0v) is 22.7. The maximum Gasteiger partial charge on any atom is 0.453 e. The fraction of sp³-hybridized carbons (Fsp3) is 1.00. The van der Waals surface area contributed by atoms with Crippen LogP contribution in [-0.4, -0.2) is 88.0 Å². The van der Waals surface area contributed by atoms with Crippen LogP contribution in [0.2, 0.25) is 0 Å². The third kappa shape index (κ3) is 16.7. The number of hydrogen-bond acceptors (Lipinski definition) is 7. The van der Waals surface area contributed by atoms with E-state index in [1.165, 1.54) is 0 Å². The normalized spacial score (nSPS) is 14.1. The van der Waals surface area contributed by atoms with Gasteiger partial charge in [0.15, 0.2) is 0 Å². The van der Waals surface area contributed by atoms with Crippen molar-refractivity contribution in [2.24, 2.45) is 0 Å². The molecule has 0 radical (unpaired) electrons. The Hall–Kier alpha value is -1.12. The Labute approximate surface area is 234 Å². The first-order chi connectivity index (χ1) is 19.2. The molecule has 0 bridgehead atoms. The minimum Gasteiger partial charge on any atom is -0.394 e. The predicted molar refractivity (Wildman–Crippen MR) is 120 cm³/mol. The van der Waals surface area contributed by atoms with Crippen molar-refractivity contribution in [1.29, 1.82) is 0 Å². The lowest BCUT2D eigenvalue weighted by molar-refractivity contribution is -0.558. The number of unbranched alkanes of at least 4 members (excludes halogenated alkanes) is 8. The smallest absolute Gasteiger partial charge is 0.394 e. The Balaban J connectivity index is 4.81. The van der Waals surface area contributed by atoms with Gasteiger partial charge in [-0.2, -0.15) is 52.7 Å². The molecule has 0 unspecified atom stereocenters. The molecule has 0 aliphatic rings. The van der Waals surface area contributed by atoms with Crippen molar-refractivity contribution in [3.8, 4) is 0 Å². The van der Waals surface area contributed by atoms with E-state index in [2.05, 4.69) is 30.6 Å². The van der Waals surface area contributed by atoms with E-state index in [0.29, 0.717) is 12.8 Å². The van der Waals surface area contributed by atoms with Gasteiger partial charge in [0.1, 0.15) is 13.2 Å². The lowest BCUT2D eigenvalue weighted by Gasteiger charge is -2.34. The molecule has 0 aliphatic carbocycles. The van der Waals surface area contributed by atoms with Crippen LogP contribution in [0.15, 0.2) is 0 Å². The summed E-state index contributed by atoms with van der Waals surface area (Å²) in [5.41, 5.74) is 0. The largest absolute Gasteiger partial charge is 0.453 e. The lowest BCUT2D eigenvalue weighted by atomic mass is 10.1. The van der Waals surface area contributed by atoms with E-state index in [4.69, 9.17) is 5.11 Å². The van der Waals surface area contributed by atoms with Crippen LogP contribution in [0.5, 0.6) is 0 Å². The highest BCUT2D eigenvalue weighted by atomic mass is 19.4. The summed E-state index contributed by atoms with van der Waals surface area (Å²) in [4.78, 5) is 0. The fourth-order valence-corrected chi connectivity index (χ4v) is 3.01. The monoisotopic (exact) mass is 652 g/mol. The second-order valence-corrected chi connectivity index (χ2v) is 8.92. The van der Waals surface area contributed by atoms with Gasteiger partial charge in [-0.15, -0.1) is 0 Å². The highest BCUT2D eigenvalue weighted by molar-refractivity contribution is 4.77. The van der Waals surface area contributed by atoms with E-state index in [0.717, 1.165) is 38.5 Å². The molecule has 0 aromatic heterocycles. The average molecular weight is 653 g/mol. The zero-order valence-electron chi connectivity index (χ0n) is 22.7. The number of halogens is 12. The molecular weight excluding hydrogens is 616 g/mol. The highest BCUT2D eigenvalue weighted by Gasteiger charge is 2.74. The summed E-state index contributed by atoms with van der Waals surface area (Å²) in [5.74, 6) is 0. The molecule has 0 heterocycles. The van der Waals surface area contributed by atoms with Gasteiger partial charge in [0.05, 0.1) is 26.4 Å². The second-order valence-electron chi connectivity index (χ2n) is 8.92. The number of ether oxygens (including phenoxy) is 6. The Morgan fingerprint density at radius 1 is 0.429 bits per heavy atom. The van der Waals surface area contributed by atoms with Gasteiger partial charge >= 0.3 is 36.7 Å². The maximum absolute atomic E-state index is 13.6. The molecule has 7 nitrogen and oxygen atoms in total. The molecule has 254 valence electrons. The molecule has 0 aromatic rings. The number of rotatable bonds is 27. The summed E-state index contributed by atoms with van der Waals surface area (Å²) < 4.78 is 183. The first kappa shape index (κ1) is 40.9. The molecule has 0 aromatic carbocycles. The van der Waals surface area contributed by atoms with E-state index in [1.807, 2.05) is 4.74 Å². The molecule has 0 fully saturated rings. The summed E-state index contributed by atoms with van der Waals surface area (Å²) in [6.07, 6.45) is -30.3. The van der Waals surface area contributed by atoms with Crippen LogP contribution in [-0.2, 0) is 28.4 Å². The second kappa shape index (κ2) is 18.6. The Morgan fingerprint density at radius 2 is 0.786 bits per heavy atom. The first-order valence-electron chi connectivity index (χ1n) is 13.0. The summed E-state index contributed by atoms with van der Waals surface area (Å²) in [5, 5.41) is 8.42. The van der Waals surface area contributed by atoms with Gasteiger partial charge in [0.2, 0.25) is 0 Å². The van der Waals surface area contributed by atoms with Crippen LogP contribution in [0.1, 0.15) is 64.7 Å². The SMILES string of the molecule is CCCCCCCCCCCOCC(F)(F)OC(F)(F)C(F)(F)OC(F)(F)C(F)(F)OC(F)(F)COCCOCCO. The van der Waals surface area contributed by atoms with Crippen LogP contribution in [0.25, 0.3) is 0 Å². The molecular formula is C23H36F12O7. The standard InChI is InChI=1S/C23H36F12O7/c1-2-3-4-5-6-7-8-9-10-12-38-16-18(24,25)40-20(28,29)22(32,33)42-23(34,35)21(30,31)41-19(26,27)17-39-15-14-37-13-11-36/h36H,2-17H2,1H3. The number of aliphatic hydroxyl groups is 1. The third-order valence-corrected chi connectivity index (χ3v) is 5.03. The minimum absolute atomic E-state index is 0.190. The molecule has 0 saturated carbocycles. The Morgan fingerprint density at radius 3 is 1.21 bits per heavy atom. The fourth-order valence-electron chi connectivity index (χ4n) is 3.01. The van der Waals surface area contributed by atoms with Crippen molar-refractivity contribution in [3.05, 3.63) is 0 Å². The van der Waals surface area contributed by atoms with Crippen molar-refractivity contribution < 1.29 is 86.2 Å². The Kier molecular flexibility index (Phi) is 18.1. The van der Waals surface area contributed by atoms with Gasteiger partial charge in [-0.05, 0) is 6.42 Å².